The first kappa shape index (κ1) is 14.0. The van der Waals surface area contributed by atoms with Gasteiger partial charge in [-0.25, -0.2) is 0 Å². The third kappa shape index (κ3) is 4.33. The van der Waals surface area contributed by atoms with E-state index in [1.54, 1.807) is 0 Å². The van der Waals surface area contributed by atoms with Gasteiger partial charge in [0.1, 0.15) is 6.61 Å². The standard InChI is InChI=1S/C15H22N2O2/c16-17-10-12-6-8-14(9-7-12)15(18)19-11-13-4-2-1-3-5-13/h1-5,12,14,17H,6-11,16H2. The van der Waals surface area contributed by atoms with E-state index < -0.39 is 0 Å². The van der Waals surface area contributed by atoms with Crippen molar-refractivity contribution in [3.8, 4) is 0 Å². The second-order valence-corrected chi connectivity index (χ2v) is 5.22. The molecule has 0 aliphatic heterocycles. The molecule has 4 nitrogen and oxygen atoms in total. The number of esters is 1. The number of carbonyl (C=O) groups excluding carboxylic acids is 1. The molecule has 0 unspecified atom stereocenters. The Balaban J connectivity index is 1.73. The summed E-state index contributed by atoms with van der Waals surface area (Å²) in [4.78, 5) is 12.0. The van der Waals surface area contributed by atoms with Gasteiger partial charge < -0.3 is 4.74 Å². The van der Waals surface area contributed by atoms with Crippen molar-refractivity contribution >= 4 is 5.97 Å². The molecule has 0 spiro atoms. The number of nitrogens with one attached hydrogen (secondary N) is 1. The molecule has 0 radical (unpaired) electrons. The Morgan fingerprint density at radius 1 is 1.21 bits per heavy atom. The van der Waals surface area contributed by atoms with E-state index in [1.807, 2.05) is 30.3 Å². The van der Waals surface area contributed by atoms with Crippen LogP contribution < -0.4 is 11.3 Å². The molecule has 3 N–H and O–H groups in total. The molecule has 0 amide bonds. The van der Waals surface area contributed by atoms with Gasteiger partial charge in [-0.2, -0.15) is 0 Å². The molecule has 0 bridgehead atoms. The maximum absolute atomic E-state index is 12.0. The Morgan fingerprint density at radius 3 is 2.53 bits per heavy atom. The lowest BCUT2D eigenvalue weighted by Crippen LogP contribution is -2.32. The van der Waals surface area contributed by atoms with Crippen molar-refractivity contribution in [1.29, 1.82) is 0 Å². The number of nitrogens with two attached hydrogens (primary N) is 1. The zero-order chi connectivity index (χ0) is 13.5. The van der Waals surface area contributed by atoms with Crippen LogP contribution in [0.3, 0.4) is 0 Å². The lowest BCUT2D eigenvalue weighted by Gasteiger charge is -2.26. The first-order valence-corrected chi connectivity index (χ1v) is 6.93. The predicted octanol–water partition coefficient (Wildman–Crippen LogP) is 2.00. The summed E-state index contributed by atoms with van der Waals surface area (Å²) in [5.41, 5.74) is 3.75. The van der Waals surface area contributed by atoms with E-state index in [0.717, 1.165) is 37.8 Å². The highest BCUT2D eigenvalue weighted by Gasteiger charge is 2.27. The number of hydrogen-bond acceptors (Lipinski definition) is 4. The van der Waals surface area contributed by atoms with Crippen molar-refractivity contribution in [3.05, 3.63) is 35.9 Å². The van der Waals surface area contributed by atoms with Crippen LogP contribution in [-0.4, -0.2) is 12.5 Å². The Bertz CT molecular complexity index is 386. The van der Waals surface area contributed by atoms with Crippen molar-refractivity contribution in [1.82, 2.24) is 5.43 Å². The molecule has 2 rings (SSSR count). The van der Waals surface area contributed by atoms with Crippen molar-refractivity contribution in [3.63, 3.8) is 0 Å². The zero-order valence-corrected chi connectivity index (χ0v) is 11.2. The summed E-state index contributed by atoms with van der Waals surface area (Å²) in [6.45, 7) is 1.22. The van der Waals surface area contributed by atoms with Crippen LogP contribution in [0.4, 0.5) is 0 Å². The van der Waals surface area contributed by atoms with Gasteiger partial charge >= 0.3 is 5.97 Å². The Morgan fingerprint density at radius 2 is 1.89 bits per heavy atom. The van der Waals surface area contributed by atoms with Gasteiger partial charge in [-0.05, 0) is 37.2 Å². The molecule has 0 heterocycles. The predicted molar refractivity (Wildman–Crippen MR) is 73.9 cm³/mol. The minimum atomic E-state index is -0.0528. The summed E-state index contributed by atoms with van der Waals surface area (Å²) in [5, 5.41) is 0. The molecular formula is C15H22N2O2. The Hall–Kier alpha value is -1.39. The minimum Gasteiger partial charge on any atom is -0.461 e. The monoisotopic (exact) mass is 262 g/mol. The van der Waals surface area contributed by atoms with Crippen LogP contribution in [0.2, 0.25) is 0 Å². The van der Waals surface area contributed by atoms with E-state index in [2.05, 4.69) is 5.43 Å². The average Bonchev–Trinajstić information content (AvgIpc) is 2.47. The summed E-state index contributed by atoms with van der Waals surface area (Å²) in [6, 6.07) is 9.80. The van der Waals surface area contributed by atoms with Crippen LogP contribution in [0.25, 0.3) is 0 Å². The molecule has 0 aromatic heterocycles. The van der Waals surface area contributed by atoms with Crippen LogP contribution in [0, 0.1) is 11.8 Å². The average molecular weight is 262 g/mol. The topological polar surface area (TPSA) is 64.3 Å². The van der Waals surface area contributed by atoms with Gasteiger partial charge in [0, 0.05) is 6.54 Å². The number of ether oxygens (including phenoxy) is 1. The van der Waals surface area contributed by atoms with Crippen molar-refractivity contribution < 1.29 is 9.53 Å². The van der Waals surface area contributed by atoms with Crippen molar-refractivity contribution in [2.45, 2.75) is 32.3 Å². The van der Waals surface area contributed by atoms with Crippen LogP contribution >= 0.6 is 0 Å². The molecule has 0 atom stereocenters. The summed E-state index contributed by atoms with van der Waals surface area (Å²) < 4.78 is 5.38. The fourth-order valence-corrected chi connectivity index (χ4v) is 2.62. The van der Waals surface area contributed by atoms with E-state index in [-0.39, 0.29) is 11.9 Å². The molecule has 4 heteroatoms. The van der Waals surface area contributed by atoms with E-state index in [9.17, 15) is 4.79 Å². The number of hydrogen-bond donors (Lipinski definition) is 2. The SMILES string of the molecule is NNCC1CCC(C(=O)OCc2ccccc2)CC1. The Kier molecular flexibility index (Phi) is 5.36. The summed E-state index contributed by atoms with van der Waals surface area (Å²) in [7, 11) is 0. The van der Waals surface area contributed by atoms with Crippen LogP contribution in [0.1, 0.15) is 31.2 Å². The number of benzene rings is 1. The van der Waals surface area contributed by atoms with Gasteiger partial charge in [-0.1, -0.05) is 30.3 Å². The quantitative estimate of drug-likeness (QED) is 0.484. The zero-order valence-electron chi connectivity index (χ0n) is 11.2. The van der Waals surface area contributed by atoms with E-state index in [0.29, 0.717) is 12.5 Å². The van der Waals surface area contributed by atoms with Gasteiger partial charge in [-0.15, -0.1) is 0 Å². The van der Waals surface area contributed by atoms with Crippen LogP contribution in [0.5, 0.6) is 0 Å². The molecule has 1 aliphatic carbocycles. The number of rotatable bonds is 5. The first-order chi connectivity index (χ1) is 9.29. The van der Waals surface area contributed by atoms with Gasteiger partial charge in [0.15, 0.2) is 0 Å². The van der Waals surface area contributed by atoms with Crippen molar-refractivity contribution in [2.75, 3.05) is 6.54 Å². The molecule has 1 saturated carbocycles. The van der Waals surface area contributed by atoms with E-state index in [1.165, 1.54) is 0 Å². The molecule has 1 aromatic carbocycles. The maximum atomic E-state index is 12.0. The fourth-order valence-electron chi connectivity index (χ4n) is 2.62. The number of hydrazine groups is 1. The molecule has 0 saturated heterocycles. The molecule has 104 valence electrons. The fraction of sp³-hybridized carbons (Fsp3) is 0.533. The smallest absolute Gasteiger partial charge is 0.309 e. The first-order valence-electron chi connectivity index (χ1n) is 6.93. The lowest BCUT2D eigenvalue weighted by molar-refractivity contribution is -0.151. The normalized spacial score (nSPS) is 23.0. The van der Waals surface area contributed by atoms with Gasteiger partial charge in [0.05, 0.1) is 5.92 Å². The summed E-state index contributed by atoms with van der Waals surface area (Å²) in [6.07, 6.45) is 3.94. The van der Waals surface area contributed by atoms with E-state index in [4.69, 9.17) is 10.6 Å². The molecule has 1 fully saturated rings. The molecule has 1 aliphatic rings. The highest BCUT2D eigenvalue weighted by atomic mass is 16.5. The second kappa shape index (κ2) is 7.26. The van der Waals surface area contributed by atoms with Crippen LogP contribution in [-0.2, 0) is 16.1 Å². The third-order valence-electron chi connectivity index (χ3n) is 3.81. The molecular weight excluding hydrogens is 240 g/mol. The third-order valence-corrected chi connectivity index (χ3v) is 3.81. The van der Waals surface area contributed by atoms with Gasteiger partial charge in [-0.3, -0.25) is 16.1 Å². The lowest BCUT2D eigenvalue weighted by atomic mass is 9.82. The maximum Gasteiger partial charge on any atom is 0.309 e. The Labute approximate surface area is 114 Å². The highest BCUT2D eigenvalue weighted by Crippen LogP contribution is 2.29. The van der Waals surface area contributed by atoms with Crippen molar-refractivity contribution in [2.24, 2.45) is 17.7 Å². The summed E-state index contributed by atoms with van der Waals surface area (Å²) >= 11 is 0. The number of carbonyl (C=O) groups is 1. The van der Waals surface area contributed by atoms with Gasteiger partial charge in [0.25, 0.3) is 0 Å². The van der Waals surface area contributed by atoms with E-state index >= 15 is 0 Å². The molecule has 19 heavy (non-hydrogen) atoms. The summed E-state index contributed by atoms with van der Waals surface area (Å²) in [5.74, 6) is 5.94. The van der Waals surface area contributed by atoms with Crippen LogP contribution in [0.15, 0.2) is 30.3 Å². The van der Waals surface area contributed by atoms with Gasteiger partial charge in [0.2, 0.25) is 0 Å². The second-order valence-electron chi connectivity index (χ2n) is 5.22. The largest absolute Gasteiger partial charge is 0.461 e. The minimum absolute atomic E-state index is 0.0528. The molecule has 1 aromatic rings. The highest BCUT2D eigenvalue weighted by molar-refractivity contribution is 5.72.